The van der Waals surface area contributed by atoms with Crippen LogP contribution in [0.15, 0.2) is 67.1 Å². The third kappa shape index (κ3) is 5.02. The summed E-state index contributed by atoms with van der Waals surface area (Å²) in [6.07, 6.45) is 3.19. The molecule has 1 unspecified atom stereocenters. The number of rotatable bonds is 4. The Kier molecular flexibility index (Phi) is 6.74. The molecule has 2 amide bonds. The number of pyridine rings is 1. The van der Waals surface area contributed by atoms with Gasteiger partial charge in [0.1, 0.15) is 14.8 Å². The average Bonchev–Trinajstić information content (AvgIpc) is 3.18. The fourth-order valence-electron chi connectivity index (χ4n) is 4.11. The zero-order valence-corrected chi connectivity index (χ0v) is 24.1. The van der Waals surface area contributed by atoms with Gasteiger partial charge in [-0.15, -0.1) is 4.40 Å². The highest BCUT2D eigenvalue weighted by atomic mass is 35.5. The van der Waals surface area contributed by atoms with Gasteiger partial charge in [0, 0.05) is 17.3 Å². The fourth-order valence-corrected chi connectivity index (χ4v) is 8.66. The van der Waals surface area contributed by atoms with E-state index in [1.165, 1.54) is 48.9 Å². The number of hydrogen-bond acceptors (Lipinski definition) is 8. The fraction of sp³-hybridized carbons (Fsp3) is 0.174. The molecule has 39 heavy (non-hydrogen) atoms. The van der Waals surface area contributed by atoms with Crippen LogP contribution in [0.3, 0.4) is 0 Å². The van der Waals surface area contributed by atoms with E-state index in [9.17, 15) is 26.4 Å². The Morgan fingerprint density at radius 1 is 1.21 bits per heavy atom. The number of urea groups is 1. The maximum atomic E-state index is 13.3. The number of anilines is 2. The van der Waals surface area contributed by atoms with E-state index < -0.39 is 35.7 Å². The molecular weight excluding hydrogens is 609 g/mol. The molecule has 3 N–H and O–H groups in total. The van der Waals surface area contributed by atoms with Crippen molar-refractivity contribution in [2.24, 2.45) is 4.40 Å². The van der Waals surface area contributed by atoms with Crippen LogP contribution in [0.2, 0.25) is 5.02 Å². The van der Waals surface area contributed by atoms with Gasteiger partial charge in [-0.25, -0.2) is 17.9 Å². The van der Waals surface area contributed by atoms with Gasteiger partial charge >= 0.3 is 6.03 Å². The van der Waals surface area contributed by atoms with Gasteiger partial charge in [0.05, 0.1) is 20.8 Å². The predicted octanol–water partition coefficient (Wildman–Crippen LogP) is 4.56. The van der Waals surface area contributed by atoms with Crippen molar-refractivity contribution in [3.05, 3.63) is 68.4 Å². The number of aromatic nitrogens is 1. The minimum atomic E-state index is -4.09. The number of sulfonamides is 2. The summed E-state index contributed by atoms with van der Waals surface area (Å²) in [5, 5.41) is 6.01. The first kappa shape index (κ1) is 27.5. The molecule has 204 valence electrons. The maximum Gasteiger partial charge on any atom is 0.332 e. The van der Waals surface area contributed by atoms with E-state index in [1.807, 2.05) is 4.72 Å². The van der Waals surface area contributed by atoms with Crippen molar-refractivity contribution in [3.63, 3.8) is 0 Å². The van der Waals surface area contributed by atoms with Crippen molar-refractivity contribution in [2.45, 2.75) is 29.2 Å². The van der Waals surface area contributed by atoms with Crippen molar-refractivity contribution in [2.75, 3.05) is 10.6 Å². The van der Waals surface area contributed by atoms with Crippen LogP contribution in [0, 0.1) is 0 Å². The zero-order chi connectivity index (χ0) is 28.3. The lowest BCUT2D eigenvalue weighted by molar-refractivity contribution is 0.256. The number of carbonyl (C=O) groups is 1. The van der Waals surface area contributed by atoms with Crippen molar-refractivity contribution in [3.8, 4) is 5.69 Å². The predicted molar refractivity (Wildman–Crippen MR) is 154 cm³/mol. The summed E-state index contributed by atoms with van der Waals surface area (Å²) in [6.45, 7) is 2.98. The Morgan fingerprint density at radius 2 is 1.95 bits per heavy atom. The molecule has 0 fully saturated rings. The van der Waals surface area contributed by atoms with Crippen molar-refractivity contribution < 1.29 is 21.6 Å². The Bertz CT molecular complexity index is 1920. The van der Waals surface area contributed by atoms with E-state index in [0.29, 0.717) is 15.4 Å². The second-order valence-electron chi connectivity index (χ2n) is 8.88. The zero-order valence-electron chi connectivity index (χ0n) is 20.2. The van der Waals surface area contributed by atoms with Gasteiger partial charge in [0.2, 0.25) is 0 Å². The van der Waals surface area contributed by atoms with Crippen LogP contribution in [-0.2, 0) is 20.0 Å². The van der Waals surface area contributed by atoms with Gasteiger partial charge in [0.25, 0.3) is 25.6 Å². The lowest BCUT2D eigenvalue weighted by Gasteiger charge is -2.23. The van der Waals surface area contributed by atoms with Crippen LogP contribution >= 0.6 is 35.0 Å². The third-order valence-corrected chi connectivity index (χ3v) is 11.8. The number of benzene rings is 2. The number of fused-ring (bicyclic) bond motifs is 2. The first-order valence-electron chi connectivity index (χ1n) is 11.2. The summed E-state index contributed by atoms with van der Waals surface area (Å²) >= 11 is 13.3. The second-order valence-corrected chi connectivity index (χ2v) is 15.4. The standard InChI is InChI=1S/C23H19Cl2N5O6S3/c1-12-26-17-9-13-6-8-30(21(31)15(13)11-19(17)38(33,34)28-12)18-4-3-14(10-16(18)24)27-22(32)29-39(35,36)23(2)7-5-20(25)37-23/h3-6,8-11H,7H2,1-2H3,(H,26,28)(H2,27,29,32). The number of hydrogen-bond donors (Lipinski definition) is 3. The summed E-state index contributed by atoms with van der Waals surface area (Å²) in [4.78, 5) is 25.7. The quantitative estimate of drug-likeness (QED) is 0.380. The molecule has 0 bridgehead atoms. The highest BCUT2D eigenvalue weighted by Gasteiger charge is 2.44. The molecule has 5 rings (SSSR count). The normalized spacial score (nSPS) is 20.0. The lowest BCUT2D eigenvalue weighted by atomic mass is 10.1. The number of carbonyl (C=O) groups excluding carboxylic acids is 1. The average molecular weight is 629 g/mol. The van der Waals surface area contributed by atoms with E-state index in [-0.39, 0.29) is 38.9 Å². The van der Waals surface area contributed by atoms with Gasteiger partial charge < -0.3 is 10.6 Å². The summed E-state index contributed by atoms with van der Waals surface area (Å²) in [7, 11) is -8.06. The second kappa shape index (κ2) is 9.55. The summed E-state index contributed by atoms with van der Waals surface area (Å²) in [5.41, 5.74) is 0.217. The molecule has 3 heterocycles. The summed E-state index contributed by atoms with van der Waals surface area (Å²) < 4.78 is 56.3. The van der Waals surface area contributed by atoms with Crippen molar-refractivity contribution >= 4 is 89.0 Å². The molecule has 0 radical (unpaired) electrons. The van der Waals surface area contributed by atoms with E-state index in [4.69, 9.17) is 23.2 Å². The number of nitrogens with one attached hydrogen (secondary N) is 3. The van der Waals surface area contributed by atoms with Crippen LogP contribution < -0.4 is 20.9 Å². The Morgan fingerprint density at radius 3 is 2.62 bits per heavy atom. The number of allylic oxidation sites excluding steroid dienone is 1. The monoisotopic (exact) mass is 627 g/mol. The first-order valence-corrected chi connectivity index (χ1v) is 15.6. The number of amides is 2. The van der Waals surface area contributed by atoms with E-state index >= 15 is 0 Å². The summed E-state index contributed by atoms with van der Waals surface area (Å²) in [5.74, 6) is 0.218. The molecule has 0 spiro atoms. The number of halogens is 2. The molecule has 0 aliphatic carbocycles. The first-order chi connectivity index (χ1) is 18.2. The number of thioether (sulfide) groups is 1. The largest absolute Gasteiger partial charge is 0.342 e. The van der Waals surface area contributed by atoms with Crippen molar-refractivity contribution in [1.29, 1.82) is 0 Å². The van der Waals surface area contributed by atoms with Crippen LogP contribution in [0.1, 0.15) is 20.3 Å². The molecule has 3 aromatic rings. The van der Waals surface area contributed by atoms with Crippen LogP contribution in [0.25, 0.3) is 16.5 Å². The highest BCUT2D eigenvalue weighted by Crippen LogP contribution is 2.46. The van der Waals surface area contributed by atoms with Crippen LogP contribution in [0.4, 0.5) is 16.2 Å². The molecule has 1 aromatic heterocycles. The van der Waals surface area contributed by atoms with E-state index in [1.54, 1.807) is 18.2 Å². The third-order valence-electron chi connectivity index (χ3n) is 6.06. The van der Waals surface area contributed by atoms with Gasteiger partial charge in [-0.05, 0) is 62.1 Å². The molecule has 11 nitrogen and oxygen atoms in total. The number of amidine groups is 1. The Hall–Kier alpha value is -3.04. The lowest BCUT2D eigenvalue weighted by Crippen LogP contribution is -2.44. The van der Waals surface area contributed by atoms with Gasteiger partial charge in [-0.2, -0.15) is 8.42 Å². The molecule has 1 atom stereocenters. The van der Waals surface area contributed by atoms with Gasteiger partial charge in [-0.3, -0.25) is 9.36 Å². The highest BCUT2D eigenvalue weighted by molar-refractivity contribution is 8.17. The van der Waals surface area contributed by atoms with E-state index in [0.717, 1.165) is 11.8 Å². The Balaban J connectivity index is 1.42. The molecular formula is C23H19Cl2N5O6S3. The number of nitrogens with zero attached hydrogens (tertiary/aromatic N) is 2. The molecule has 2 aliphatic heterocycles. The molecule has 16 heteroatoms. The smallest absolute Gasteiger partial charge is 0.332 e. The van der Waals surface area contributed by atoms with Gasteiger partial charge in [0.15, 0.2) is 0 Å². The Labute approximate surface area is 237 Å². The van der Waals surface area contributed by atoms with Crippen LogP contribution in [-0.4, -0.2) is 37.3 Å². The summed E-state index contributed by atoms with van der Waals surface area (Å²) in [6, 6.07) is 7.71. The van der Waals surface area contributed by atoms with Crippen LogP contribution in [0.5, 0.6) is 0 Å². The molecule has 0 saturated heterocycles. The molecule has 2 aromatic carbocycles. The minimum absolute atomic E-state index is 0.0684. The minimum Gasteiger partial charge on any atom is -0.342 e. The molecule has 2 aliphatic rings. The van der Waals surface area contributed by atoms with Gasteiger partial charge in [-0.1, -0.05) is 41.0 Å². The van der Waals surface area contributed by atoms with Crippen molar-refractivity contribution in [1.82, 2.24) is 9.29 Å². The molecule has 0 saturated carbocycles. The topological polar surface area (TPSA) is 156 Å². The maximum absolute atomic E-state index is 13.3. The SMILES string of the molecule is CC1=NS(=O)(=O)c2cc3c(=O)n(-c4ccc(NC(=O)NS(=O)(=O)C5(C)CC=C(Cl)S5)cc4Cl)ccc3cc2N1. The van der Waals surface area contributed by atoms with E-state index in [2.05, 4.69) is 15.0 Å².